The average Bonchev–Trinajstić information content (AvgIpc) is 3.37. The number of anilines is 2. The normalized spacial score (nSPS) is 11.1. The third-order valence-electron chi connectivity index (χ3n) is 6.31. The number of carbonyl (C=O) groups excluding carboxylic acids is 2. The van der Waals surface area contributed by atoms with Crippen molar-refractivity contribution in [1.82, 2.24) is 14.7 Å². The van der Waals surface area contributed by atoms with Crippen LogP contribution in [0.3, 0.4) is 0 Å². The predicted molar refractivity (Wildman–Crippen MR) is 161 cm³/mol. The van der Waals surface area contributed by atoms with Crippen molar-refractivity contribution in [2.75, 3.05) is 31.4 Å². The van der Waals surface area contributed by atoms with E-state index in [1.165, 1.54) is 12.0 Å². The zero-order valence-corrected chi connectivity index (χ0v) is 24.5. The van der Waals surface area contributed by atoms with Crippen LogP contribution in [0.1, 0.15) is 32.0 Å². The summed E-state index contributed by atoms with van der Waals surface area (Å²) in [6, 6.07) is 23.2. The van der Waals surface area contributed by atoms with E-state index in [1.54, 1.807) is 36.1 Å². The summed E-state index contributed by atoms with van der Waals surface area (Å²) >= 11 is 6.47. The Hall–Kier alpha value is -4.50. The molecule has 4 aromatic rings. The molecule has 0 aliphatic carbocycles. The zero-order chi connectivity index (χ0) is 29.6. The number of amides is 3. The molecule has 0 radical (unpaired) electrons. The van der Waals surface area contributed by atoms with Crippen LogP contribution in [0.2, 0.25) is 5.02 Å². The molecule has 0 aliphatic rings. The van der Waals surface area contributed by atoms with Crippen LogP contribution in [-0.4, -0.2) is 47.4 Å². The maximum Gasteiger partial charge on any atom is 0.322 e. The first kappa shape index (κ1) is 29.5. The van der Waals surface area contributed by atoms with E-state index in [9.17, 15) is 9.59 Å². The first-order valence-corrected chi connectivity index (χ1v) is 13.4. The van der Waals surface area contributed by atoms with Gasteiger partial charge in [-0.3, -0.25) is 4.79 Å². The van der Waals surface area contributed by atoms with Crippen molar-refractivity contribution in [2.24, 2.45) is 0 Å². The number of halogens is 1. The second kappa shape index (κ2) is 12.8. The largest absolute Gasteiger partial charge is 0.497 e. The number of aromatic nitrogens is 2. The van der Waals surface area contributed by atoms with Crippen LogP contribution in [-0.2, 0) is 16.8 Å². The minimum atomic E-state index is -0.470. The molecule has 1 aromatic heterocycles. The quantitative estimate of drug-likeness (QED) is 0.237. The highest BCUT2D eigenvalue weighted by Crippen LogP contribution is 2.30. The molecule has 0 saturated carbocycles. The molecule has 0 aliphatic heterocycles. The van der Waals surface area contributed by atoms with Crippen molar-refractivity contribution < 1.29 is 19.1 Å². The number of methoxy groups -OCH3 is 2. The summed E-state index contributed by atoms with van der Waals surface area (Å²) in [5.74, 6) is 1.07. The third kappa shape index (κ3) is 7.37. The molecule has 0 atom stereocenters. The van der Waals surface area contributed by atoms with Crippen LogP contribution in [0.15, 0.2) is 78.9 Å². The average molecular weight is 576 g/mol. The molecule has 9 nitrogen and oxygen atoms in total. The molecule has 41 heavy (non-hydrogen) atoms. The van der Waals surface area contributed by atoms with Gasteiger partial charge in [0.25, 0.3) is 0 Å². The summed E-state index contributed by atoms with van der Waals surface area (Å²) in [7, 11) is 3.06. The Morgan fingerprint density at radius 3 is 2.29 bits per heavy atom. The number of hydrogen-bond donors (Lipinski definition) is 2. The molecule has 3 amide bonds. The monoisotopic (exact) mass is 575 g/mol. The number of nitrogens with zero attached hydrogens (tertiary/aromatic N) is 3. The van der Waals surface area contributed by atoms with E-state index in [0.29, 0.717) is 33.7 Å². The minimum absolute atomic E-state index is 0.204. The smallest absolute Gasteiger partial charge is 0.322 e. The lowest BCUT2D eigenvalue weighted by Crippen LogP contribution is -2.40. The topological polar surface area (TPSA) is 97.7 Å². The highest BCUT2D eigenvalue weighted by atomic mass is 35.5. The van der Waals surface area contributed by atoms with E-state index in [4.69, 9.17) is 26.2 Å². The van der Waals surface area contributed by atoms with Crippen molar-refractivity contribution in [1.29, 1.82) is 0 Å². The van der Waals surface area contributed by atoms with Crippen LogP contribution in [0.5, 0.6) is 11.5 Å². The number of carbonyl (C=O) groups is 2. The fraction of sp³-hybridized carbons (Fsp3) is 0.258. The molecule has 3 aromatic carbocycles. The number of rotatable bonds is 9. The molecule has 0 unspecified atom stereocenters. The van der Waals surface area contributed by atoms with E-state index >= 15 is 0 Å². The predicted octanol–water partition coefficient (Wildman–Crippen LogP) is 6.51. The molecule has 4 rings (SSSR count). The van der Waals surface area contributed by atoms with Gasteiger partial charge in [-0.2, -0.15) is 5.10 Å². The van der Waals surface area contributed by atoms with Gasteiger partial charge in [-0.25, -0.2) is 9.48 Å². The molecule has 214 valence electrons. The van der Waals surface area contributed by atoms with Gasteiger partial charge in [-0.05, 0) is 29.8 Å². The van der Waals surface area contributed by atoms with Gasteiger partial charge >= 0.3 is 6.03 Å². The lowest BCUT2D eigenvalue weighted by molar-refractivity contribution is -0.116. The maximum absolute atomic E-state index is 13.5. The van der Waals surface area contributed by atoms with Crippen molar-refractivity contribution in [3.8, 4) is 17.2 Å². The Morgan fingerprint density at radius 1 is 0.927 bits per heavy atom. The van der Waals surface area contributed by atoms with Gasteiger partial charge in [0, 0.05) is 24.1 Å². The highest BCUT2D eigenvalue weighted by molar-refractivity contribution is 6.32. The number of ether oxygens (including phenoxy) is 2. The molecule has 2 N–H and O–H groups in total. The summed E-state index contributed by atoms with van der Waals surface area (Å²) in [6.45, 7) is 6.10. The van der Waals surface area contributed by atoms with Crippen molar-refractivity contribution in [3.05, 3.63) is 95.1 Å². The lowest BCUT2D eigenvalue weighted by atomic mass is 9.92. The van der Waals surface area contributed by atoms with E-state index in [0.717, 1.165) is 11.3 Å². The third-order valence-corrected chi connectivity index (χ3v) is 6.63. The number of benzene rings is 3. The molecular formula is C31H34ClN5O4. The van der Waals surface area contributed by atoms with Gasteiger partial charge < -0.3 is 25.0 Å². The highest BCUT2D eigenvalue weighted by Gasteiger charge is 2.24. The minimum Gasteiger partial charge on any atom is -0.497 e. The van der Waals surface area contributed by atoms with E-state index in [2.05, 4.69) is 10.6 Å². The fourth-order valence-electron chi connectivity index (χ4n) is 4.10. The van der Waals surface area contributed by atoms with Crippen LogP contribution in [0.25, 0.3) is 5.69 Å². The van der Waals surface area contributed by atoms with E-state index < -0.39 is 11.9 Å². The number of para-hydroxylation sites is 1. The molecular weight excluding hydrogens is 542 g/mol. The van der Waals surface area contributed by atoms with Crippen molar-refractivity contribution in [2.45, 2.75) is 32.7 Å². The summed E-state index contributed by atoms with van der Waals surface area (Å²) in [5, 5.41) is 11.0. The SMILES string of the molecule is COc1ccc(NC(=O)N(CC(=O)Nc2cc(C(C)(C)C)nn2-c2ccccc2Cl)Cc2ccccc2)c(OC)c1. The van der Waals surface area contributed by atoms with Crippen molar-refractivity contribution >= 4 is 35.0 Å². The second-order valence-corrected chi connectivity index (χ2v) is 10.8. The molecule has 1 heterocycles. The van der Waals surface area contributed by atoms with Gasteiger partial charge in [-0.15, -0.1) is 0 Å². The Balaban J connectivity index is 1.60. The second-order valence-electron chi connectivity index (χ2n) is 10.4. The van der Waals surface area contributed by atoms with Gasteiger partial charge in [-0.1, -0.05) is 74.8 Å². The Morgan fingerprint density at radius 2 is 1.63 bits per heavy atom. The van der Waals surface area contributed by atoms with Crippen LogP contribution in [0.4, 0.5) is 16.3 Å². The van der Waals surface area contributed by atoms with Crippen molar-refractivity contribution in [3.63, 3.8) is 0 Å². The lowest BCUT2D eigenvalue weighted by Gasteiger charge is -2.23. The van der Waals surface area contributed by atoms with Gasteiger partial charge in [0.1, 0.15) is 23.9 Å². The van der Waals surface area contributed by atoms with Gasteiger partial charge in [0.2, 0.25) is 5.91 Å². The number of urea groups is 1. The molecule has 0 saturated heterocycles. The van der Waals surface area contributed by atoms with Crippen LogP contribution < -0.4 is 20.1 Å². The molecule has 0 spiro atoms. The first-order valence-electron chi connectivity index (χ1n) is 13.1. The first-order chi connectivity index (χ1) is 19.6. The summed E-state index contributed by atoms with van der Waals surface area (Å²) in [6.07, 6.45) is 0. The standard InChI is InChI=1S/C31H34ClN5O4/c1-31(2,3)27-18-28(37(35-27)25-14-10-9-13-23(25)32)34-29(38)20-36(19-21-11-7-6-8-12-21)30(39)33-24-16-15-22(40-4)17-26(24)41-5/h6-18H,19-20H2,1-5H3,(H,33,39)(H,34,38). The number of hydrogen-bond acceptors (Lipinski definition) is 5. The van der Waals surface area contributed by atoms with E-state index in [-0.39, 0.29) is 18.5 Å². The fourth-order valence-corrected chi connectivity index (χ4v) is 4.31. The van der Waals surface area contributed by atoms with Gasteiger partial charge in [0.15, 0.2) is 0 Å². The van der Waals surface area contributed by atoms with E-state index in [1.807, 2.05) is 75.4 Å². The molecule has 0 fully saturated rings. The molecule has 10 heteroatoms. The van der Waals surface area contributed by atoms with Crippen LogP contribution >= 0.6 is 11.6 Å². The summed E-state index contributed by atoms with van der Waals surface area (Å²) in [5.41, 5.74) is 2.45. The summed E-state index contributed by atoms with van der Waals surface area (Å²) in [4.78, 5) is 28.4. The zero-order valence-electron chi connectivity index (χ0n) is 23.8. The Labute approximate surface area is 245 Å². The Bertz CT molecular complexity index is 1510. The number of nitrogens with one attached hydrogen (secondary N) is 2. The van der Waals surface area contributed by atoms with Gasteiger partial charge in [0.05, 0.1) is 36.3 Å². The maximum atomic E-state index is 13.5. The Kier molecular flexibility index (Phi) is 9.19. The molecule has 0 bridgehead atoms. The summed E-state index contributed by atoms with van der Waals surface area (Å²) < 4.78 is 12.3. The van der Waals surface area contributed by atoms with Crippen LogP contribution in [0, 0.1) is 0 Å².